The van der Waals surface area contributed by atoms with Gasteiger partial charge in [-0.3, -0.25) is 4.79 Å². The lowest BCUT2D eigenvalue weighted by atomic mass is 10.1. The highest BCUT2D eigenvalue weighted by Gasteiger charge is 2.08. The van der Waals surface area contributed by atoms with Crippen molar-refractivity contribution in [3.63, 3.8) is 0 Å². The second-order valence-electron chi connectivity index (χ2n) is 5.65. The average Bonchev–Trinajstić information content (AvgIpc) is 3.06. The summed E-state index contributed by atoms with van der Waals surface area (Å²) >= 11 is 1.65. The van der Waals surface area contributed by atoms with E-state index in [1.807, 2.05) is 42.6 Å². The van der Waals surface area contributed by atoms with Gasteiger partial charge in [0.05, 0.1) is 0 Å². The number of amides is 3. The van der Waals surface area contributed by atoms with Gasteiger partial charge in [0.2, 0.25) is 5.91 Å². The van der Waals surface area contributed by atoms with E-state index >= 15 is 0 Å². The summed E-state index contributed by atoms with van der Waals surface area (Å²) in [5.41, 5.74) is 2.27. The Bertz CT molecular complexity index is 629. The van der Waals surface area contributed by atoms with Crippen LogP contribution in [0.2, 0.25) is 0 Å². The molecule has 0 aliphatic heterocycles. The lowest BCUT2D eigenvalue weighted by molar-refractivity contribution is -0.121. The summed E-state index contributed by atoms with van der Waals surface area (Å²) in [6.45, 7) is 2.78. The first-order valence-electron chi connectivity index (χ1n) is 7.99. The predicted molar refractivity (Wildman–Crippen MR) is 96.9 cm³/mol. The third-order valence-corrected chi connectivity index (χ3v) is 4.20. The van der Waals surface area contributed by atoms with Crippen molar-refractivity contribution in [3.05, 3.63) is 58.3 Å². The van der Waals surface area contributed by atoms with Gasteiger partial charge in [0.15, 0.2) is 0 Å². The van der Waals surface area contributed by atoms with Crippen LogP contribution in [0.15, 0.2) is 47.2 Å². The molecule has 0 spiro atoms. The van der Waals surface area contributed by atoms with E-state index in [0.29, 0.717) is 13.1 Å². The standard InChI is InChI=1S/C18H23N3O2S/c1-14(11-16-8-10-24-13-16)21-18(23)19-9-7-17(22)20-12-15-5-3-2-4-6-15/h2-6,8,10,13-14H,7,9,11-12H2,1H3,(H,20,22)(H2,19,21,23). The largest absolute Gasteiger partial charge is 0.352 e. The maximum atomic E-state index is 11.8. The van der Waals surface area contributed by atoms with Crippen LogP contribution in [0, 0.1) is 0 Å². The zero-order chi connectivity index (χ0) is 17.2. The molecular weight excluding hydrogens is 322 g/mol. The molecule has 3 N–H and O–H groups in total. The summed E-state index contributed by atoms with van der Waals surface area (Å²) in [6.07, 6.45) is 1.06. The molecule has 1 heterocycles. The van der Waals surface area contributed by atoms with Crippen molar-refractivity contribution >= 4 is 23.3 Å². The van der Waals surface area contributed by atoms with E-state index in [0.717, 1.165) is 12.0 Å². The molecule has 0 bridgehead atoms. The minimum absolute atomic E-state index is 0.0477. The topological polar surface area (TPSA) is 70.2 Å². The average molecular weight is 345 g/mol. The van der Waals surface area contributed by atoms with Crippen LogP contribution in [0.5, 0.6) is 0 Å². The Kier molecular flexibility index (Phi) is 7.29. The zero-order valence-electron chi connectivity index (χ0n) is 13.7. The van der Waals surface area contributed by atoms with Gasteiger partial charge in [0.1, 0.15) is 0 Å². The fourth-order valence-corrected chi connectivity index (χ4v) is 2.94. The van der Waals surface area contributed by atoms with Gasteiger partial charge in [-0.15, -0.1) is 0 Å². The Morgan fingerprint density at radius 3 is 2.58 bits per heavy atom. The SMILES string of the molecule is CC(Cc1ccsc1)NC(=O)NCCC(=O)NCc1ccccc1. The first kappa shape index (κ1) is 18.0. The number of carbonyl (C=O) groups excluding carboxylic acids is 2. The monoisotopic (exact) mass is 345 g/mol. The number of thiophene rings is 1. The molecule has 0 fully saturated rings. The van der Waals surface area contributed by atoms with Crippen LogP contribution in [0.25, 0.3) is 0 Å². The van der Waals surface area contributed by atoms with E-state index in [9.17, 15) is 9.59 Å². The third kappa shape index (κ3) is 6.83. The van der Waals surface area contributed by atoms with Crippen molar-refractivity contribution in [2.24, 2.45) is 0 Å². The molecule has 1 atom stereocenters. The molecule has 0 saturated heterocycles. The normalized spacial score (nSPS) is 11.5. The minimum atomic E-state index is -0.242. The highest BCUT2D eigenvalue weighted by Crippen LogP contribution is 2.08. The molecule has 0 saturated carbocycles. The van der Waals surface area contributed by atoms with Gasteiger partial charge in [0.25, 0.3) is 0 Å². The van der Waals surface area contributed by atoms with Gasteiger partial charge >= 0.3 is 6.03 Å². The van der Waals surface area contributed by atoms with Crippen LogP contribution in [0.1, 0.15) is 24.5 Å². The lowest BCUT2D eigenvalue weighted by Gasteiger charge is -2.14. The molecule has 6 heteroatoms. The van der Waals surface area contributed by atoms with Crippen molar-refractivity contribution in [2.45, 2.75) is 32.4 Å². The molecule has 128 valence electrons. The predicted octanol–water partition coefficient (Wildman–Crippen LogP) is 2.68. The number of benzene rings is 1. The van der Waals surface area contributed by atoms with Crippen molar-refractivity contribution in [1.29, 1.82) is 0 Å². The summed E-state index contributed by atoms with van der Waals surface area (Å²) in [4.78, 5) is 23.5. The number of hydrogen-bond acceptors (Lipinski definition) is 3. The van der Waals surface area contributed by atoms with E-state index in [4.69, 9.17) is 0 Å². The highest BCUT2D eigenvalue weighted by atomic mass is 32.1. The summed E-state index contributed by atoms with van der Waals surface area (Å²) in [6, 6.07) is 11.6. The molecule has 0 aliphatic carbocycles. The molecule has 1 unspecified atom stereocenters. The Hall–Kier alpha value is -2.34. The molecule has 0 radical (unpaired) electrons. The minimum Gasteiger partial charge on any atom is -0.352 e. The first-order chi connectivity index (χ1) is 11.6. The Morgan fingerprint density at radius 2 is 1.88 bits per heavy atom. The Labute approximate surface area is 146 Å². The molecule has 24 heavy (non-hydrogen) atoms. The summed E-state index contributed by atoms with van der Waals surface area (Å²) < 4.78 is 0. The van der Waals surface area contributed by atoms with Crippen molar-refractivity contribution < 1.29 is 9.59 Å². The van der Waals surface area contributed by atoms with Gasteiger partial charge in [-0.1, -0.05) is 30.3 Å². The Balaban J connectivity index is 1.57. The summed E-state index contributed by atoms with van der Waals surface area (Å²) in [5.74, 6) is -0.0783. The van der Waals surface area contributed by atoms with E-state index in [2.05, 4.69) is 27.4 Å². The molecule has 3 amide bonds. The van der Waals surface area contributed by atoms with Gasteiger partial charge in [-0.25, -0.2) is 4.79 Å². The number of urea groups is 1. The Morgan fingerprint density at radius 1 is 1.08 bits per heavy atom. The summed E-state index contributed by atoms with van der Waals surface area (Å²) in [5, 5.41) is 12.5. The second kappa shape index (κ2) is 9.72. The number of hydrogen-bond donors (Lipinski definition) is 3. The molecule has 2 rings (SSSR count). The van der Waals surface area contributed by atoms with E-state index in [-0.39, 0.29) is 24.4 Å². The van der Waals surface area contributed by atoms with Gasteiger partial charge < -0.3 is 16.0 Å². The number of carbonyl (C=O) groups is 2. The molecule has 0 aliphatic rings. The smallest absolute Gasteiger partial charge is 0.315 e. The van der Waals surface area contributed by atoms with Crippen molar-refractivity contribution in [2.75, 3.05) is 6.54 Å². The molecule has 1 aromatic heterocycles. The fourth-order valence-electron chi connectivity index (χ4n) is 2.26. The van der Waals surface area contributed by atoms with Gasteiger partial charge in [0, 0.05) is 25.6 Å². The lowest BCUT2D eigenvalue weighted by Crippen LogP contribution is -2.42. The number of rotatable bonds is 8. The highest BCUT2D eigenvalue weighted by molar-refractivity contribution is 7.07. The maximum Gasteiger partial charge on any atom is 0.315 e. The van der Waals surface area contributed by atoms with E-state index < -0.39 is 0 Å². The third-order valence-electron chi connectivity index (χ3n) is 3.47. The van der Waals surface area contributed by atoms with Gasteiger partial charge in [-0.05, 0) is 41.3 Å². The molecule has 5 nitrogen and oxygen atoms in total. The van der Waals surface area contributed by atoms with Crippen LogP contribution >= 0.6 is 11.3 Å². The van der Waals surface area contributed by atoms with Crippen LogP contribution < -0.4 is 16.0 Å². The maximum absolute atomic E-state index is 11.8. The van der Waals surface area contributed by atoms with Crippen molar-refractivity contribution in [3.8, 4) is 0 Å². The van der Waals surface area contributed by atoms with Crippen LogP contribution in [-0.2, 0) is 17.8 Å². The zero-order valence-corrected chi connectivity index (χ0v) is 14.6. The quantitative estimate of drug-likeness (QED) is 0.688. The van der Waals surface area contributed by atoms with Crippen LogP contribution in [0.4, 0.5) is 4.79 Å². The molecule has 1 aromatic carbocycles. The number of nitrogens with one attached hydrogen (secondary N) is 3. The second-order valence-corrected chi connectivity index (χ2v) is 6.43. The van der Waals surface area contributed by atoms with Crippen LogP contribution in [0.3, 0.4) is 0 Å². The van der Waals surface area contributed by atoms with E-state index in [1.54, 1.807) is 11.3 Å². The van der Waals surface area contributed by atoms with Crippen molar-refractivity contribution in [1.82, 2.24) is 16.0 Å². The first-order valence-corrected chi connectivity index (χ1v) is 8.94. The fraction of sp³-hybridized carbons (Fsp3) is 0.333. The molecule has 2 aromatic rings. The van der Waals surface area contributed by atoms with Crippen LogP contribution in [-0.4, -0.2) is 24.5 Å². The molecular formula is C18H23N3O2S. The summed E-state index contributed by atoms with van der Waals surface area (Å²) in [7, 11) is 0. The van der Waals surface area contributed by atoms with E-state index in [1.165, 1.54) is 5.56 Å². The van der Waals surface area contributed by atoms with Gasteiger partial charge in [-0.2, -0.15) is 11.3 Å².